The minimum absolute atomic E-state index is 0.0499. The molecule has 1 amide bonds. The first-order valence-electron chi connectivity index (χ1n) is 8.27. The first-order chi connectivity index (χ1) is 12.4. The highest BCUT2D eigenvalue weighted by molar-refractivity contribution is 5.96. The molecule has 1 aliphatic carbocycles. The molecule has 26 heavy (non-hydrogen) atoms. The van der Waals surface area contributed by atoms with Gasteiger partial charge in [0, 0.05) is 24.7 Å². The van der Waals surface area contributed by atoms with E-state index in [0.717, 1.165) is 23.8 Å². The Morgan fingerprint density at radius 2 is 1.88 bits per heavy atom. The predicted molar refractivity (Wildman–Crippen MR) is 95.6 cm³/mol. The topological polar surface area (TPSA) is 107 Å². The van der Waals surface area contributed by atoms with Crippen LogP contribution < -0.4 is 0 Å². The molecule has 0 aromatic heterocycles. The Hall–Kier alpha value is -3.21. The Balaban J connectivity index is 2.37. The molecule has 0 bridgehead atoms. The normalized spacial score (nSPS) is 16.3. The van der Waals surface area contributed by atoms with Gasteiger partial charge in [0.05, 0.1) is 21.5 Å². The van der Waals surface area contributed by atoms with Gasteiger partial charge in [-0.3, -0.25) is 25.0 Å². The Labute approximate surface area is 150 Å². The zero-order valence-corrected chi connectivity index (χ0v) is 14.4. The van der Waals surface area contributed by atoms with Crippen molar-refractivity contribution < 1.29 is 14.6 Å². The van der Waals surface area contributed by atoms with E-state index < -0.39 is 27.1 Å². The molecule has 0 heterocycles. The molecule has 1 atom stereocenters. The molecule has 0 spiro atoms. The summed E-state index contributed by atoms with van der Waals surface area (Å²) in [6.45, 7) is 2.38. The van der Waals surface area contributed by atoms with Crippen molar-refractivity contribution >= 4 is 17.3 Å². The van der Waals surface area contributed by atoms with Crippen LogP contribution in [0.1, 0.15) is 43.0 Å². The molecule has 1 aromatic carbocycles. The fourth-order valence-corrected chi connectivity index (χ4v) is 3.02. The molecule has 136 valence electrons. The van der Waals surface area contributed by atoms with E-state index in [9.17, 15) is 25.0 Å². The summed E-state index contributed by atoms with van der Waals surface area (Å²) in [5.74, 6) is 2.16. The molecule has 2 rings (SSSR count). The number of rotatable bonds is 6. The number of carbonyl (C=O) groups is 1. The van der Waals surface area contributed by atoms with Crippen molar-refractivity contribution in [3.8, 4) is 12.3 Å². The van der Waals surface area contributed by atoms with E-state index >= 15 is 0 Å². The van der Waals surface area contributed by atoms with Crippen molar-refractivity contribution in [2.75, 3.05) is 6.54 Å². The standard InChI is InChI=1S/C18H19N3O5/c1-3-9-19(15-7-5-13(4-2)6-8-15)18(22)14-10-16(20(23)24)12-17(11-14)21(25)26/h2,5,10-12,15H,3,6-9H2,1H3/t15-/m1/s1. The second-order valence-corrected chi connectivity index (χ2v) is 6.05. The third-order valence-electron chi connectivity index (χ3n) is 4.31. The number of amides is 1. The highest BCUT2D eigenvalue weighted by atomic mass is 16.6. The molecular formula is C18H19N3O5. The fourth-order valence-electron chi connectivity index (χ4n) is 3.02. The number of allylic oxidation sites excluding steroid dienone is 1. The van der Waals surface area contributed by atoms with Crippen LogP contribution in [0.25, 0.3) is 0 Å². The Morgan fingerprint density at radius 3 is 2.31 bits per heavy atom. The second-order valence-electron chi connectivity index (χ2n) is 6.05. The zero-order valence-electron chi connectivity index (χ0n) is 14.4. The molecule has 8 nitrogen and oxygen atoms in total. The average Bonchev–Trinajstić information content (AvgIpc) is 2.65. The Kier molecular flexibility index (Phi) is 6.07. The van der Waals surface area contributed by atoms with Gasteiger partial charge in [0.2, 0.25) is 0 Å². The fraction of sp³-hybridized carbons (Fsp3) is 0.389. The lowest BCUT2D eigenvalue weighted by Crippen LogP contribution is -2.41. The molecule has 0 unspecified atom stereocenters. The molecule has 8 heteroatoms. The maximum atomic E-state index is 13.0. The average molecular weight is 357 g/mol. The second kappa shape index (κ2) is 8.25. The number of nitrogens with zero attached hydrogens (tertiary/aromatic N) is 3. The van der Waals surface area contributed by atoms with Gasteiger partial charge in [0.25, 0.3) is 17.3 Å². The summed E-state index contributed by atoms with van der Waals surface area (Å²) in [5, 5.41) is 22.1. The van der Waals surface area contributed by atoms with E-state index in [1.165, 1.54) is 0 Å². The van der Waals surface area contributed by atoms with Crippen molar-refractivity contribution in [2.45, 2.75) is 38.6 Å². The van der Waals surface area contributed by atoms with Crippen LogP contribution in [0.5, 0.6) is 0 Å². The van der Waals surface area contributed by atoms with Crippen molar-refractivity contribution in [3.63, 3.8) is 0 Å². The molecule has 0 saturated heterocycles. The van der Waals surface area contributed by atoms with Crippen LogP contribution in [0.2, 0.25) is 0 Å². The van der Waals surface area contributed by atoms with E-state index in [1.54, 1.807) is 4.90 Å². The molecule has 1 aliphatic rings. The van der Waals surface area contributed by atoms with E-state index in [4.69, 9.17) is 6.42 Å². The smallest absolute Gasteiger partial charge is 0.277 e. The summed E-state index contributed by atoms with van der Waals surface area (Å²) in [7, 11) is 0. The monoisotopic (exact) mass is 357 g/mol. The number of benzene rings is 1. The lowest BCUT2D eigenvalue weighted by Gasteiger charge is -2.33. The van der Waals surface area contributed by atoms with Gasteiger partial charge in [0.1, 0.15) is 0 Å². The molecule has 0 fully saturated rings. The van der Waals surface area contributed by atoms with Gasteiger partial charge in [-0.1, -0.05) is 18.9 Å². The number of hydrogen-bond donors (Lipinski definition) is 0. The lowest BCUT2D eigenvalue weighted by atomic mass is 9.93. The van der Waals surface area contributed by atoms with Crippen LogP contribution >= 0.6 is 0 Å². The summed E-state index contributed by atoms with van der Waals surface area (Å²) >= 11 is 0. The Morgan fingerprint density at radius 1 is 1.27 bits per heavy atom. The van der Waals surface area contributed by atoms with Crippen molar-refractivity contribution in [2.24, 2.45) is 0 Å². The van der Waals surface area contributed by atoms with Crippen molar-refractivity contribution in [1.29, 1.82) is 0 Å². The van der Waals surface area contributed by atoms with Crippen LogP contribution in [-0.2, 0) is 0 Å². The largest absolute Gasteiger partial charge is 0.335 e. The Bertz CT molecular complexity index is 777. The highest BCUT2D eigenvalue weighted by Crippen LogP contribution is 2.27. The first kappa shape index (κ1) is 19.1. The third kappa shape index (κ3) is 4.25. The maximum absolute atomic E-state index is 13.0. The van der Waals surface area contributed by atoms with Crippen LogP contribution in [-0.4, -0.2) is 33.2 Å². The SMILES string of the molecule is C#CC1=CC[C@@H](N(CCC)C(=O)c2cc([N+](=O)[O-])cc([N+](=O)[O-])c2)CC1. The first-order valence-corrected chi connectivity index (χ1v) is 8.27. The molecular weight excluding hydrogens is 338 g/mol. The van der Waals surface area contributed by atoms with Crippen molar-refractivity contribution in [1.82, 2.24) is 4.90 Å². The molecule has 0 N–H and O–H groups in total. The van der Waals surface area contributed by atoms with Crippen LogP contribution in [0.15, 0.2) is 29.8 Å². The van der Waals surface area contributed by atoms with E-state index in [1.807, 2.05) is 13.0 Å². The van der Waals surface area contributed by atoms with Crippen LogP contribution in [0, 0.1) is 32.6 Å². The third-order valence-corrected chi connectivity index (χ3v) is 4.31. The number of nitro benzene ring substituents is 2. The van der Waals surface area contributed by atoms with E-state index in [-0.39, 0.29) is 11.6 Å². The number of non-ortho nitro benzene ring substituents is 2. The van der Waals surface area contributed by atoms with Gasteiger partial charge in [-0.25, -0.2) is 0 Å². The summed E-state index contributed by atoms with van der Waals surface area (Å²) in [6, 6.07) is 2.94. The van der Waals surface area contributed by atoms with Crippen LogP contribution in [0.4, 0.5) is 11.4 Å². The highest BCUT2D eigenvalue weighted by Gasteiger charge is 2.28. The summed E-state index contributed by atoms with van der Waals surface area (Å²) in [4.78, 5) is 35.2. The zero-order chi connectivity index (χ0) is 19.3. The molecule has 0 saturated carbocycles. The summed E-state index contributed by atoms with van der Waals surface area (Å²) in [6.07, 6.45) is 9.99. The van der Waals surface area contributed by atoms with E-state index in [2.05, 4.69) is 5.92 Å². The molecule has 0 aliphatic heterocycles. The number of terminal acetylenes is 1. The van der Waals surface area contributed by atoms with Crippen molar-refractivity contribution in [3.05, 3.63) is 55.6 Å². The van der Waals surface area contributed by atoms with E-state index in [0.29, 0.717) is 32.2 Å². The number of hydrogen-bond acceptors (Lipinski definition) is 5. The minimum atomic E-state index is -0.740. The van der Waals surface area contributed by atoms with Gasteiger partial charge < -0.3 is 4.90 Å². The van der Waals surface area contributed by atoms with Gasteiger partial charge in [-0.15, -0.1) is 6.42 Å². The maximum Gasteiger partial charge on any atom is 0.277 e. The van der Waals surface area contributed by atoms with Gasteiger partial charge in [-0.05, 0) is 31.3 Å². The summed E-state index contributed by atoms with van der Waals surface area (Å²) < 4.78 is 0. The number of nitro groups is 2. The quantitative estimate of drug-likeness (QED) is 0.440. The van der Waals surface area contributed by atoms with Gasteiger partial charge in [-0.2, -0.15) is 0 Å². The molecule has 1 aromatic rings. The number of carbonyl (C=O) groups excluding carboxylic acids is 1. The lowest BCUT2D eigenvalue weighted by molar-refractivity contribution is -0.394. The van der Waals surface area contributed by atoms with Gasteiger partial charge in [0.15, 0.2) is 0 Å². The summed E-state index contributed by atoms with van der Waals surface area (Å²) in [5.41, 5.74) is -0.100. The van der Waals surface area contributed by atoms with Gasteiger partial charge >= 0.3 is 0 Å². The minimum Gasteiger partial charge on any atom is -0.335 e. The molecule has 0 radical (unpaired) electrons. The van der Waals surface area contributed by atoms with Crippen LogP contribution in [0.3, 0.4) is 0 Å². The predicted octanol–water partition coefficient (Wildman–Crippen LogP) is 3.47.